The fourth-order valence-corrected chi connectivity index (χ4v) is 3.08. The van der Waals surface area contributed by atoms with Gasteiger partial charge in [-0.3, -0.25) is 10.6 Å². The molecule has 0 radical (unpaired) electrons. The van der Waals surface area contributed by atoms with Gasteiger partial charge in [-0.05, 0) is 24.6 Å². The number of nitrogens with two attached hydrogens (primary N) is 1. The molecule has 0 spiro atoms. The van der Waals surface area contributed by atoms with Gasteiger partial charge in [0.25, 0.3) is 0 Å². The predicted octanol–water partition coefficient (Wildman–Crippen LogP) is 0.808. The molecule has 1 saturated heterocycles. The molecule has 96 valence electrons. The monoisotopic (exact) mass is 265 g/mol. The van der Waals surface area contributed by atoms with Crippen LogP contribution in [0.25, 0.3) is 0 Å². The van der Waals surface area contributed by atoms with Gasteiger partial charge < -0.3 is 10.1 Å². The van der Waals surface area contributed by atoms with E-state index in [1.807, 2.05) is 25.1 Å². The molecule has 1 aromatic carbocycles. The van der Waals surface area contributed by atoms with E-state index in [1.165, 1.54) is 0 Å². The van der Waals surface area contributed by atoms with Gasteiger partial charge in [0.05, 0.1) is 24.2 Å². The first-order chi connectivity index (χ1) is 8.64. The Morgan fingerprint density at radius 3 is 2.94 bits per heavy atom. The minimum absolute atomic E-state index is 0.0445. The number of rotatable bonds is 2. The summed E-state index contributed by atoms with van der Waals surface area (Å²) in [7, 11) is 0. The van der Waals surface area contributed by atoms with Gasteiger partial charge in [-0.15, -0.1) is 11.8 Å². The van der Waals surface area contributed by atoms with Crippen molar-refractivity contribution in [1.82, 2.24) is 5.43 Å². The molecule has 5 nitrogen and oxygen atoms in total. The fourth-order valence-electron chi connectivity index (χ4n) is 2.15. The largest absolute Gasteiger partial charge is 0.377 e. The third kappa shape index (κ3) is 1.73. The molecule has 1 atom stereocenters. The lowest BCUT2D eigenvalue weighted by Gasteiger charge is -2.41. The minimum atomic E-state index is -0.312. The number of thioether (sulfide) groups is 1. The SMILES string of the molecule is CC1Sc2ccc(C3(NN)COC3)cc2NC1=O. The second kappa shape index (κ2) is 4.24. The maximum absolute atomic E-state index is 11.7. The molecule has 2 aliphatic rings. The van der Waals surface area contributed by atoms with Crippen molar-refractivity contribution in [2.45, 2.75) is 22.6 Å². The predicted molar refractivity (Wildman–Crippen MR) is 70.2 cm³/mol. The third-order valence-corrected chi connectivity index (χ3v) is 4.61. The van der Waals surface area contributed by atoms with Crippen molar-refractivity contribution in [3.05, 3.63) is 23.8 Å². The number of carbonyl (C=O) groups is 1. The number of ether oxygens (including phenoxy) is 1. The van der Waals surface area contributed by atoms with E-state index >= 15 is 0 Å². The molecule has 18 heavy (non-hydrogen) atoms. The van der Waals surface area contributed by atoms with Gasteiger partial charge in [-0.1, -0.05) is 6.07 Å². The standard InChI is InChI=1S/C12H15N3O2S/c1-7-11(16)14-9-4-8(2-3-10(9)18-7)12(15-13)5-17-6-12/h2-4,7,15H,5-6,13H2,1H3,(H,14,16). The number of fused-ring (bicyclic) bond motifs is 1. The van der Waals surface area contributed by atoms with Crippen molar-refractivity contribution in [2.24, 2.45) is 5.84 Å². The lowest BCUT2D eigenvalue weighted by atomic mass is 9.88. The van der Waals surface area contributed by atoms with Crippen LogP contribution in [0.1, 0.15) is 12.5 Å². The summed E-state index contributed by atoms with van der Waals surface area (Å²) in [6.45, 7) is 3.01. The second-order valence-electron chi connectivity index (χ2n) is 4.68. The molecular formula is C12H15N3O2S. The highest BCUT2D eigenvalue weighted by Crippen LogP contribution is 2.39. The Kier molecular flexibility index (Phi) is 2.82. The summed E-state index contributed by atoms with van der Waals surface area (Å²) in [6.07, 6.45) is 0. The molecular weight excluding hydrogens is 250 g/mol. The van der Waals surface area contributed by atoms with E-state index in [4.69, 9.17) is 10.6 Å². The molecule has 2 heterocycles. The average molecular weight is 265 g/mol. The zero-order chi connectivity index (χ0) is 12.8. The van der Waals surface area contributed by atoms with E-state index in [0.717, 1.165) is 16.1 Å². The minimum Gasteiger partial charge on any atom is -0.377 e. The summed E-state index contributed by atoms with van der Waals surface area (Å²) in [5, 5.41) is 2.88. The molecule has 3 rings (SSSR count). The van der Waals surface area contributed by atoms with Crippen molar-refractivity contribution in [3.63, 3.8) is 0 Å². The van der Waals surface area contributed by atoms with E-state index in [1.54, 1.807) is 11.8 Å². The van der Waals surface area contributed by atoms with Crippen LogP contribution in [0, 0.1) is 0 Å². The first-order valence-corrected chi connectivity index (χ1v) is 6.70. The topological polar surface area (TPSA) is 76.4 Å². The maximum atomic E-state index is 11.7. The Morgan fingerprint density at radius 2 is 2.33 bits per heavy atom. The van der Waals surface area contributed by atoms with Crippen LogP contribution in [0.2, 0.25) is 0 Å². The van der Waals surface area contributed by atoms with Crippen LogP contribution in [0.3, 0.4) is 0 Å². The molecule has 1 fully saturated rings. The summed E-state index contributed by atoms with van der Waals surface area (Å²) in [6, 6.07) is 6.05. The van der Waals surface area contributed by atoms with Gasteiger partial charge in [0.15, 0.2) is 0 Å². The van der Waals surface area contributed by atoms with Crippen LogP contribution < -0.4 is 16.6 Å². The number of hydrazine groups is 1. The second-order valence-corrected chi connectivity index (χ2v) is 6.06. The Hall–Kier alpha value is -1.08. The average Bonchev–Trinajstić information content (AvgIpc) is 2.30. The smallest absolute Gasteiger partial charge is 0.237 e. The van der Waals surface area contributed by atoms with Gasteiger partial charge in [-0.25, -0.2) is 5.43 Å². The Balaban J connectivity index is 1.96. The first kappa shape index (κ1) is 12.0. The van der Waals surface area contributed by atoms with Gasteiger partial charge in [-0.2, -0.15) is 0 Å². The van der Waals surface area contributed by atoms with Crippen LogP contribution in [-0.4, -0.2) is 24.4 Å². The molecule has 6 heteroatoms. The molecule has 0 aliphatic carbocycles. The van der Waals surface area contributed by atoms with Crippen molar-refractivity contribution in [1.29, 1.82) is 0 Å². The summed E-state index contributed by atoms with van der Waals surface area (Å²) in [5.41, 5.74) is 4.41. The Bertz CT molecular complexity index is 497. The van der Waals surface area contributed by atoms with Crippen LogP contribution in [0.15, 0.2) is 23.1 Å². The van der Waals surface area contributed by atoms with Gasteiger partial charge in [0.2, 0.25) is 5.91 Å². The van der Waals surface area contributed by atoms with E-state index < -0.39 is 0 Å². The lowest BCUT2D eigenvalue weighted by Crippen LogP contribution is -2.60. The van der Waals surface area contributed by atoms with E-state index in [-0.39, 0.29) is 16.7 Å². The number of nitrogens with one attached hydrogen (secondary N) is 2. The van der Waals surface area contributed by atoms with Crippen molar-refractivity contribution >= 4 is 23.4 Å². The van der Waals surface area contributed by atoms with Crippen LogP contribution in [0.5, 0.6) is 0 Å². The quantitative estimate of drug-likeness (QED) is 0.545. The van der Waals surface area contributed by atoms with Gasteiger partial charge >= 0.3 is 0 Å². The van der Waals surface area contributed by atoms with Crippen LogP contribution in [0.4, 0.5) is 5.69 Å². The van der Waals surface area contributed by atoms with Gasteiger partial charge in [0.1, 0.15) is 5.54 Å². The maximum Gasteiger partial charge on any atom is 0.237 e. The number of carbonyl (C=O) groups excluding carboxylic acids is 1. The van der Waals surface area contributed by atoms with Crippen molar-refractivity contribution in [2.75, 3.05) is 18.5 Å². The van der Waals surface area contributed by atoms with E-state index in [2.05, 4.69) is 10.7 Å². The molecule has 1 amide bonds. The summed E-state index contributed by atoms with van der Waals surface area (Å²) < 4.78 is 5.23. The molecule has 1 aromatic rings. The third-order valence-electron chi connectivity index (χ3n) is 3.44. The molecule has 2 aliphatic heterocycles. The Morgan fingerprint density at radius 1 is 1.56 bits per heavy atom. The summed E-state index contributed by atoms with van der Waals surface area (Å²) >= 11 is 1.58. The highest BCUT2D eigenvalue weighted by atomic mass is 32.2. The van der Waals surface area contributed by atoms with Crippen molar-refractivity contribution < 1.29 is 9.53 Å². The zero-order valence-electron chi connectivity index (χ0n) is 10.0. The highest BCUT2D eigenvalue weighted by Gasteiger charge is 2.40. The normalized spacial score (nSPS) is 25.0. The molecule has 0 bridgehead atoms. The number of amides is 1. The Labute approximate surface area is 109 Å². The fraction of sp³-hybridized carbons (Fsp3) is 0.417. The summed E-state index contributed by atoms with van der Waals surface area (Å²) in [4.78, 5) is 12.8. The zero-order valence-corrected chi connectivity index (χ0v) is 10.8. The number of hydrogen-bond acceptors (Lipinski definition) is 5. The lowest BCUT2D eigenvalue weighted by molar-refractivity contribution is -0.115. The molecule has 0 aromatic heterocycles. The molecule has 1 unspecified atom stereocenters. The first-order valence-electron chi connectivity index (χ1n) is 5.82. The number of hydrogen-bond donors (Lipinski definition) is 3. The molecule has 4 N–H and O–H groups in total. The number of anilines is 1. The van der Waals surface area contributed by atoms with Crippen LogP contribution in [-0.2, 0) is 15.1 Å². The number of benzene rings is 1. The van der Waals surface area contributed by atoms with Crippen LogP contribution >= 0.6 is 11.8 Å². The van der Waals surface area contributed by atoms with E-state index in [0.29, 0.717) is 13.2 Å². The highest BCUT2D eigenvalue weighted by molar-refractivity contribution is 8.00. The summed E-state index contributed by atoms with van der Waals surface area (Å²) in [5.74, 6) is 5.65. The van der Waals surface area contributed by atoms with E-state index in [9.17, 15) is 4.79 Å². The van der Waals surface area contributed by atoms with Crippen molar-refractivity contribution in [3.8, 4) is 0 Å². The molecule has 0 saturated carbocycles. The van der Waals surface area contributed by atoms with Gasteiger partial charge in [0, 0.05) is 4.90 Å².